The highest BCUT2D eigenvalue weighted by Crippen LogP contribution is 2.40. The molecule has 0 bridgehead atoms. The van der Waals surface area contributed by atoms with E-state index in [0.717, 1.165) is 17.8 Å². The quantitative estimate of drug-likeness (QED) is 0.485. The van der Waals surface area contributed by atoms with Gasteiger partial charge in [0, 0.05) is 51.7 Å². The topological polar surface area (TPSA) is 106 Å². The molecule has 2 amide bonds. The summed E-state index contributed by atoms with van der Waals surface area (Å²) in [7, 11) is 5.12. The van der Waals surface area contributed by atoms with E-state index >= 15 is 0 Å². The van der Waals surface area contributed by atoms with Crippen molar-refractivity contribution < 1.29 is 19.1 Å². The Bertz CT molecular complexity index is 1230. The average molecular weight is 474 g/mol. The standard InChI is InChI=1S/C26H27N5O4/c1-29-19-7-4-5-8-20(19)30(2)26(29)18(16-27)22(32)12-13-24(33)28-17-10-11-21(23(15-17)35-3)31-14-6-9-25(31)34/h4-5,7-8,10-11,15H,6,9,12-14H2,1-3H3,(H,28,33). The Labute approximate surface area is 204 Å². The molecule has 2 aromatic rings. The maximum atomic E-state index is 12.9. The minimum Gasteiger partial charge on any atom is -0.494 e. The maximum absolute atomic E-state index is 12.9. The van der Waals surface area contributed by atoms with Crippen LogP contribution in [0.4, 0.5) is 22.7 Å². The fourth-order valence-corrected chi connectivity index (χ4v) is 4.51. The van der Waals surface area contributed by atoms with Crippen molar-refractivity contribution in [2.45, 2.75) is 25.7 Å². The van der Waals surface area contributed by atoms with Gasteiger partial charge in [-0.15, -0.1) is 0 Å². The molecule has 1 saturated heterocycles. The summed E-state index contributed by atoms with van der Waals surface area (Å²) < 4.78 is 5.43. The highest BCUT2D eigenvalue weighted by atomic mass is 16.5. The number of hydrogen-bond donors (Lipinski definition) is 1. The van der Waals surface area contributed by atoms with Crippen LogP contribution in [0, 0.1) is 11.3 Å². The summed E-state index contributed by atoms with van der Waals surface area (Å²) in [6.45, 7) is 0.634. The lowest BCUT2D eigenvalue weighted by Crippen LogP contribution is -2.26. The SMILES string of the molecule is COc1cc(NC(=O)CCC(=O)C(C#N)=C2N(C)c3ccccc3N2C)ccc1N1CCCC1=O. The molecule has 180 valence electrons. The molecule has 35 heavy (non-hydrogen) atoms. The third-order valence-corrected chi connectivity index (χ3v) is 6.26. The van der Waals surface area contributed by atoms with Crippen LogP contribution in [0.15, 0.2) is 53.9 Å². The van der Waals surface area contributed by atoms with Crippen LogP contribution in [0.5, 0.6) is 5.75 Å². The van der Waals surface area contributed by atoms with Crippen LogP contribution >= 0.6 is 0 Å². The van der Waals surface area contributed by atoms with Crippen molar-refractivity contribution in [3.8, 4) is 11.8 Å². The summed E-state index contributed by atoms with van der Waals surface area (Å²) in [5.41, 5.74) is 2.98. The highest BCUT2D eigenvalue weighted by Gasteiger charge is 2.31. The fourth-order valence-electron chi connectivity index (χ4n) is 4.51. The molecule has 2 aromatic carbocycles. The van der Waals surface area contributed by atoms with Gasteiger partial charge < -0.3 is 24.8 Å². The molecule has 0 radical (unpaired) electrons. The molecule has 0 aromatic heterocycles. The number of rotatable bonds is 7. The van der Waals surface area contributed by atoms with E-state index in [9.17, 15) is 19.6 Å². The molecule has 9 heteroatoms. The van der Waals surface area contributed by atoms with Crippen LogP contribution < -0.4 is 24.8 Å². The molecule has 0 saturated carbocycles. The summed E-state index contributed by atoms with van der Waals surface area (Å²) in [6, 6.07) is 14.8. The smallest absolute Gasteiger partial charge is 0.227 e. The summed E-state index contributed by atoms with van der Waals surface area (Å²) in [6.07, 6.45) is 1.13. The van der Waals surface area contributed by atoms with Gasteiger partial charge in [-0.2, -0.15) is 5.26 Å². The lowest BCUT2D eigenvalue weighted by atomic mass is 10.1. The van der Waals surface area contributed by atoms with Gasteiger partial charge in [-0.25, -0.2) is 0 Å². The van der Waals surface area contributed by atoms with E-state index in [2.05, 4.69) is 5.32 Å². The van der Waals surface area contributed by atoms with E-state index in [4.69, 9.17) is 4.74 Å². The number of nitrogens with one attached hydrogen (secondary N) is 1. The number of para-hydroxylation sites is 2. The monoisotopic (exact) mass is 473 g/mol. The number of anilines is 4. The normalized spacial score (nSPS) is 14.6. The first-order valence-electron chi connectivity index (χ1n) is 11.4. The number of ether oxygens (including phenoxy) is 1. The molecule has 2 aliphatic rings. The summed E-state index contributed by atoms with van der Waals surface area (Å²) in [4.78, 5) is 42.8. The van der Waals surface area contributed by atoms with E-state index in [1.165, 1.54) is 7.11 Å². The Morgan fingerprint density at radius 3 is 2.31 bits per heavy atom. The van der Waals surface area contributed by atoms with Crippen LogP contribution in [0.2, 0.25) is 0 Å². The lowest BCUT2D eigenvalue weighted by Gasteiger charge is -2.20. The molecule has 0 aliphatic carbocycles. The van der Waals surface area contributed by atoms with Crippen LogP contribution in [0.1, 0.15) is 25.7 Å². The number of carbonyl (C=O) groups excluding carboxylic acids is 3. The minimum atomic E-state index is -0.398. The maximum Gasteiger partial charge on any atom is 0.227 e. The molecule has 2 aliphatic heterocycles. The van der Waals surface area contributed by atoms with Crippen molar-refractivity contribution in [2.75, 3.05) is 47.8 Å². The average Bonchev–Trinajstić information content (AvgIpc) is 3.40. The van der Waals surface area contributed by atoms with E-state index in [1.54, 1.807) is 23.1 Å². The predicted octanol–water partition coefficient (Wildman–Crippen LogP) is 3.43. The zero-order valence-electron chi connectivity index (χ0n) is 20.0. The van der Waals surface area contributed by atoms with Crippen molar-refractivity contribution in [3.63, 3.8) is 0 Å². The van der Waals surface area contributed by atoms with E-state index < -0.39 is 5.78 Å². The number of ketones is 1. The third-order valence-electron chi connectivity index (χ3n) is 6.26. The van der Waals surface area contributed by atoms with Crippen molar-refractivity contribution >= 4 is 40.3 Å². The second-order valence-corrected chi connectivity index (χ2v) is 8.42. The minimum absolute atomic E-state index is 0.0142. The molecule has 0 atom stereocenters. The van der Waals surface area contributed by atoms with Gasteiger partial charge in [0.2, 0.25) is 11.8 Å². The zero-order chi connectivity index (χ0) is 25.1. The number of allylic oxidation sites excluding steroid dienone is 1. The lowest BCUT2D eigenvalue weighted by molar-refractivity contribution is -0.120. The number of amides is 2. The Morgan fingerprint density at radius 1 is 1.06 bits per heavy atom. The number of benzene rings is 2. The third kappa shape index (κ3) is 4.55. The van der Waals surface area contributed by atoms with Crippen LogP contribution in [-0.4, -0.2) is 45.3 Å². The predicted molar refractivity (Wildman–Crippen MR) is 133 cm³/mol. The molecule has 1 N–H and O–H groups in total. The number of methoxy groups -OCH3 is 1. The van der Waals surface area contributed by atoms with Gasteiger partial charge in [0.15, 0.2) is 5.78 Å². The van der Waals surface area contributed by atoms with Gasteiger partial charge >= 0.3 is 0 Å². The van der Waals surface area contributed by atoms with Gasteiger partial charge in [-0.3, -0.25) is 14.4 Å². The zero-order valence-corrected chi connectivity index (χ0v) is 20.0. The van der Waals surface area contributed by atoms with E-state index in [1.807, 2.05) is 54.2 Å². The van der Waals surface area contributed by atoms with Crippen LogP contribution in [-0.2, 0) is 14.4 Å². The highest BCUT2D eigenvalue weighted by molar-refractivity contribution is 6.05. The summed E-state index contributed by atoms with van der Waals surface area (Å²) >= 11 is 0. The number of hydrogen-bond acceptors (Lipinski definition) is 7. The number of Topliss-reactive ketones (excluding diaryl/α,β-unsaturated/α-hetero) is 1. The Balaban J connectivity index is 1.42. The molecular weight excluding hydrogens is 446 g/mol. The fraction of sp³-hybridized carbons (Fsp3) is 0.308. The largest absolute Gasteiger partial charge is 0.494 e. The van der Waals surface area contributed by atoms with Gasteiger partial charge in [-0.05, 0) is 30.7 Å². The Morgan fingerprint density at radius 2 is 1.74 bits per heavy atom. The number of nitriles is 1. The molecule has 0 spiro atoms. The van der Waals surface area contributed by atoms with Gasteiger partial charge in [0.1, 0.15) is 23.2 Å². The number of fused-ring (bicyclic) bond motifs is 1. The first kappa shape index (κ1) is 23.8. The first-order valence-corrected chi connectivity index (χ1v) is 11.4. The van der Waals surface area contributed by atoms with Crippen molar-refractivity contribution in [3.05, 3.63) is 53.9 Å². The summed E-state index contributed by atoms with van der Waals surface area (Å²) in [5.74, 6) is 0.268. The van der Waals surface area contributed by atoms with E-state index in [0.29, 0.717) is 35.9 Å². The van der Waals surface area contributed by atoms with Crippen LogP contribution in [0.25, 0.3) is 0 Å². The van der Waals surface area contributed by atoms with Crippen LogP contribution in [0.3, 0.4) is 0 Å². The first-order chi connectivity index (χ1) is 16.8. The second-order valence-electron chi connectivity index (χ2n) is 8.42. The summed E-state index contributed by atoms with van der Waals surface area (Å²) in [5, 5.41) is 12.5. The Kier molecular flexibility index (Phi) is 6.73. The molecule has 1 fully saturated rings. The number of carbonyl (C=O) groups is 3. The van der Waals surface area contributed by atoms with Crippen molar-refractivity contribution in [2.24, 2.45) is 0 Å². The van der Waals surface area contributed by atoms with Gasteiger partial charge in [-0.1, -0.05) is 12.1 Å². The molecular formula is C26H27N5O4. The van der Waals surface area contributed by atoms with Crippen molar-refractivity contribution in [1.29, 1.82) is 5.26 Å². The Hall–Kier alpha value is -4.32. The molecule has 0 unspecified atom stereocenters. The molecule has 4 rings (SSSR count). The molecule has 9 nitrogen and oxygen atoms in total. The number of nitrogens with zero attached hydrogens (tertiary/aromatic N) is 4. The second kappa shape index (κ2) is 9.89. The molecule has 2 heterocycles. The van der Waals surface area contributed by atoms with E-state index in [-0.39, 0.29) is 30.2 Å². The van der Waals surface area contributed by atoms with Gasteiger partial charge in [0.25, 0.3) is 0 Å². The van der Waals surface area contributed by atoms with Gasteiger partial charge in [0.05, 0.1) is 24.2 Å². The van der Waals surface area contributed by atoms with Crippen molar-refractivity contribution in [1.82, 2.24) is 0 Å².